The van der Waals surface area contributed by atoms with E-state index in [1.54, 1.807) is 0 Å². The van der Waals surface area contributed by atoms with Crippen LogP contribution in [0.4, 0.5) is 0 Å². The third-order valence-corrected chi connectivity index (χ3v) is 4.30. The molecule has 0 aliphatic rings. The van der Waals surface area contributed by atoms with Crippen molar-refractivity contribution < 1.29 is 0 Å². The molecule has 20 heavy (non-hydrogen) atoms. The summed E-state index contributed by atoms with van der Waals surface area (Å²) in [6, 6.07) is 8.87. The first-order valence-electron chi connectivity index (χ1n) is 7.29. The average molecular weight is 342 g/mol. The van der Waals surface area contributed by atoms with Gasteiger partial charge in [-0.1, -0.05) is 34.1 Å². The minimum absolute atomic E-state index is 0.405. The van der Waals surface area contributed by atoms with Gasteiger partial charge in [-0.2, -0.15) is 0 Å². The van der Waals surface area contributed by atoms with Crippen LogP contribution in [0.5, 0.6) is 0 Å². The maximum Gasteiger partial charge on any atom is 0.0340 e. The van der Waals surface area contributed by atoms with E-state index < -0.39 is 0 Å². The number of hydrogen-bond donors (Lipinski definition) is 1. The van der Waals surface area contributed by atoms with Gasteiger partial charge in [0.25, 0.3) is 0 Å². The Bertz CT molecular complexity index is 382. The third-order valence-electron chi connectivity index (χ3n) is 3.57. The summed E-state index contributed by atoms with van der Waals surface area (Å²) in [5.74, 6) is 0. The minimum Gasteiger partial charge on any atom is -0.313 e. The average Bonchev–Trinajstić information content (AvgIpc) is 2.41. The smallest absolute Gasteiger partial charge is 0.0340 e. The summed E-state index contributed by atoms with van der Waals surface area (Å²) in [5.41, 5.74) is 1.34. The molecule has 0 saturated heterocycles. The third kappa shape index (κ3) is 6.35. The highest BCUT2D eigenvalue weighted by Gasteiger charge is 2.12. The van der Waals surface area contributed by atoms with E-state index in [2.05, 4.69) is 76.5 Å². The molecule has 1 aromatic rings. The van der Waals surface area contributed by atoms with E-state index in [0.29, 0.717) is 6.04 Å². The molecule has 1 rings (SSSR count). The Kier molecular flexibility index (Phi) is 8.38. The topological polar surface area (TPSA) is 18.5 Å². The van der Waals surface area contributed by atoms with Gasteiger partial charge in [-0.15, -0.1) is 0 Å². The van der Waals surface area contributed by atoms with E-state index in [1.807, 2.05) is 7.05 Å². The monoisotopic (exact) mass is 341 g/mol. The molecule has 1 atom stereocenters. The van der Waals surface area contributed by atoms with Gasteiger partial charge in [0.1, 0.15) is 0 Å². The maximum absolute atomic E-state index is 3.64. The van der Waals surface area contributed by atoms with Crippen molar-refractivity contribution >= 4 is 15.9 Å². The number of benzene rings is 1. The number of hydrogen-bond acceptors (Lipinski definition) is 3. The van der Waals surface area contributed by atoms with Gasteiger partial charge >= 0.3 is 0 Å². The van der Waals surface area contributed by atoms with Crippen LogP contribution in [0.2, 0.25) is 0 Å². The van der Waals surface area contributed by atoms with Crippen molar-refractivity contribution in [2.75, 3.05) is 47.8 Å². The normalized spacial score (nSPS) is 13.2. The van der Waals surface area contributed by atoms with E-state index in [1.165, 1.54) is 16.5 Å². The van der Waals surface area contributed by atoms with Crippen LogP contribution < -0.4 is 5.32 Å². The van der Waals surface area contributed by atoms with Gasteiger partial charge in [0.2, 0.25) is 0 Å². The lowest BCUT2D eigenvalue weighted by Gasteiger charge is -2.23. The first kappa shape index (κ1) is 17.6. The van der Waals surface area contributed by atoms with Crippen LogP contribution in [-0.4, -0.2) is 57.6 Å². The van der Waals surface area contributed by atoms with Gasteiger partial charge in [0.05, 0.1) is 0 Å². The summed E-state index contributed by atoms with van der Waals surface area (Å²) in [4.78, 5) is 4.66. The molecule has 114 valence electrons. The zero-order valence-corrected chi connectivity index (χ0v) is 14.8. The number of nitrogens with zero attached hydrogens (tertiary/aromatic N) is 2. The van der Waals surface area contributed by atoms with E-state index in [0.717, 1.165) is 26.1 Å². The zero-order chi connectivity index (χ0) is 15.0. The summed E-state index contributed by atoms with van der Waals surface area (Å²) in [5, 5.41) is 3.42. The molecule has 0 aliphatic heterocycles. The molecule has 4 heteroatoms. The summed E-state index contributed by atoms with van der Waals surface area (Å²) in [7, 11) is 8.51. The molecule has 0 saturated carbocycles. The largest absolute Gasteiger partial charge is 0.313 e. The Hall–Kier alpha value is -0.420. The van der Waals surface area contributed by atoms with E-state index in [4.69, 9.17) is 0 Å². The van der Waals surface area contributed by atoms with Crippen molar-refractivity contribution in [1.29, 1.82) is 0 Å². The maximum atomic E-state index is 3.64. The Balaban J connectivity index is 2.40. The molecule has 0 amide bonds. The number of rotatable bonds is 9. The highest BCUT2D eigenvalue weighted by Crippen LogP contribution is 2.25. The highest BCUT2D eigenvalue weighted by molar-refractivity contribution is 9.10. The second kappa shape index (κ2) is 9.50. The first-order chi connectivity index (χ1) is 9.54. The van der Waals surface area contributed by atoms with Crippen molar-refractivity contribution in [1.82, 2.24) is 15.1 Å². The van der Waals surface area contributed by atoms with Crippen molar-refractivity contribution in [3.05, 3.63) is 34.3 Å². The van der Waals surface area contributed by atoms with Crippen molar-refractivity contribution in [3.8, 4) is 0 Å². The Morgan fingerprint density at radius 1 is 1.10 bits per heavy atom. The molecule has 3 nitrogen and oxygen atoms in total. The molecule has 0 heterocycles. The van der Waals surface area contributed by atoms with E-state index in [-0.39, 0.29) is 0 Å². The SMILES string of the molecule is CNC(CCN(C)CCCN(C)C)c1ccccc1Br. The van der Waals surface area contributed by atoms with Crippen LogP contribution in [-0.2, 0) is 0 Å². The van der Waals surface area contributed by atoms with Crippen LogP contribution in [0.1, 0.15) is 24.4 Å². The molecular formula is C16H28BrN3. The summed E-state index contributed by atoms with van der Waals surface area (Å²) in [6.45, 7) is 3.43. The molecule has 1 N–H and O–H groups in total. The van der Waals surface area contributed by atoms with Gasteiger partial charge in [0.15, 0.2) is 0 Å². The predicted octanol–water partition coefficient (Wildman–Crippen LogP) is 2.98. The standard InChI is InChI=1S/C16H28BrN3/c1-18-16(14-8-5-6-9-15(14)17)10-13-20(4)12-7-11-19(2)3/h5-6,8-9,16,18H,7,10-13H2,1-4H3. The zero-order valence-electron chi connectivity index (χ0n) is 13.2. The lowest BCUT2D eigenvalue weighted by atomic mass is 10.0. The number of nitrogens with one attached hydrogen (secondary N) is 1. The van der Waals surface area contributed by atoms with E-state index >= 15 is 0 Å². The Labute approximate surface area is 132 Å². The van der Waals surface area contributed by atoms with Gasteiger partial charge in [-0.05, 0) is 72.3 Å². The molecule has 1 unspecified atom stereocenters. The van der Waals surface area contributed by atoms with Crippen LogP contribution in [0.3, 0.4) is 0 Å². The Morgan fingerprint density at radius 2 is 1.80 bits per heavy atom. The molecule has 0 radical (unpaired) electrons. The molecule has 0 aromatic heterocycles. The lowest BCUT2D eigenvalue weighted by molar-refractivity contribution is 0.286. The minimum atomic E-state index is 0.405. The van der Waals surface area contributed by atoms with Crippen LogP contribution in [0.25, 0.3) is 0 Å². The van der Waals surface area contributed by atoms with Gasteiger partial charge in [-0.25, -0.2) is 0 Å². The fourth-order valence-electron chi connectivity index (χ4n) is 2.33. The first-order valence-corrected chi connectivity index (χ1v) is 8.09. The Morgan fingerprint density at radius 3 is 2.40 bits per heavy atom. The van der Waals surface area contributed by atoms with Gasteiger partial charge in [-0.3, -0.25) is 0 Å². The summed E-state index contributed by atoms with van der Waals surface area (Å²) < 4.78 is 1.19. The molecule has 0 aliphatic carbocycles. The number of halogens is 1. The van der Waals surface area contributed by atoms with Gasteiger partial charge in [0, 0.05) is 10.5 Å². The highest BCUT2D eigenvalue weighted by atomic mass is 79.9. The summed E-state index contributed by atoms with van der Waals surface area (Å²) in [6.07, 6.45) is 2.35. The van der Waals surface area contributed by atoms with Crippen molar-refractivity contribution in [2.24, 2.45) is 0 Å². The quantitative estimate of drug-likeness (QED) is 0.744. The van der Waals surface area contributed by atoms with Crippen LogP contribution >= 0.6 is 15.9 Å². The van der Waals surface area contributed by atoms with Crippen LogP contribution in [0, 0.1) is 0 Å². The summed E-state index contributed by atoms with van der Waals surface area (Å²) >= 11 is 3.64. The fraction of sp³-hybridized carbons (Fsp3) is 0.625. The second-order valence-electron chi connectivity index (χ2n) is 5.61. The lowest BCUT2D eigenvalue weighted by Crippen LogP contribution is -2.28. The van der Waals surface area contributed by atoms with Crippen LogP contribution in [0.15, 0.2) is 28.7 Å². The molecular weight excluding hydrogens is 314 g/mol. The van der Waals surface area contributed by atoms with Gasteiger partial charge < -0.3 is 15.1 Å². The molecule has 0 bridgehead atoms. The molecule has 1 aromatic carbocycles. The fourth-order valence-corrected chi connectivity index (χ4v) is 2.89. The van der Waals surface area contributed by atoms with E-state index in [9.17, 15) is 0 Å². The van der Waals surface area contributed by atoms with Crippen molar-refractivity contribution in [3.63, 3.8) is 0 Å². The molecule has 0 spiro atoms. The van der Waals surface area contributed by atoms with Crippen molar-refractivity contribution in [2.45, 2.75) is 18.9 Å². The molecule has 0 fully saturated rings. The predicted molar refractivity (Wildman–Crippen MR) is 91.2 cm³/mol. The second-order valence-corrected chi connectivity index (χ2v) is 6.47.